The Morgan fingerprint density at radius 2 is 1.69 bits per heavy atom. The maximum Gasteiger partial charge on any atom is 0.254 e. The molecule has 0 spiro atoms. The van der Waals surface area contributed by atoms with Crippen molar-refractivity contribution in [1.29, 1.82) is 0 Å². The average molecular weight is 424 g/mol. The SMILES string of the molecule is CC(=O)Nc1cccc(-c2ccc(C(=O)N(C)CCc3ccccn3)c3ccccc23)c1. The van der Waals surface area contributed by atoms with E-state index in [1.54, 1.807) is 11.1 Å². The van der Waals surface area contributed by atoms with Gasteiger partial charge in [0, 0.05) is 50.1 Å². The summed E-state index contributed by atoms with van der Waals surface area (Å²) in [6.07, 6.45) is 2.47. The minimum absolute atomic E-state index is 0.0179. The lowest BCUT2D eigenvalue weighted by Gasteiger charge is -2.19. The quantitative estimate of drug-likeness (QED) is 0.465. The van der Waals surface area contributed by atoms with E-state index >= 15 is 0 Å². The van der Waals surface area contributed by atoms with Gasteiger partial charge >= 0.3 is 0 Å². The van der Waals surface area contributed by atoms with E-state index in [1.165, 1.54) is 6.92 Å². The summed E-state index contributed by atoms with van der Waals surface area (Å²) in [4.78, 5) is 30.8. The number of nitrogens with one attached hydrogen (secondary N) is 1. The number of hydrogen-bond donors (Lipinski definition) is 1. The number of hydrogen-bond acceptors (Lipinski definition) is 3. The molecule has 32 heavy (non-hydrogen) atoms. The highest BCUT2D eigenvalue weighted by Crippen LogP contribution is 2.32. The first-order chi connectivity index (χ1) is 15.5. The molecule has 3 aromatic carbocycles. The highest BCUT2D eigenvalue weighted by atomic mass is 16.2. The predicted octanol–water partition coefficient (Wildman–Crippen LogP) is 5.17. The third-order valence-corrected chi connectivity index (χ3v) is 5.42. The lowest BCUT2D eigenvalue weighted by atomic mass is 9.94. The van der Waals surface area contributed by atoms with Gasteiger partial charge in [-0.25, -0.2) is 0 Å². The van der Waals surface area contributed by atoms with E-state index in [2.05, 4.69) is 10.3 Å². The van der Waals surface area contributed by atoms with Crippen LogP contribution in [0.25, 0.3) is 21.9 Å². The monoisotopic (exact) mass is 423 g/mol. The molecular formula is C27H25N3O2. The van der Waals surface area contributed by atoms with E-state index in [-0.39, 0.29) is 11.8 Å². The molecule has 1 N–H and O–H groups in total. The van der Waals surface area contributed by atoms with Gasteiger partial charge in [-0.1, -0.05) is 48.5 Å². The minimum atomic E-state index is -0.110. The van der Waals surface area contributed by atoms with Crippen molar-refractivity contribution >= 4 is 28.3 Å². The molecule has 5 nitrogen and oxygen atoms in total. The number of amides is 2. The van der Waals surface area contributed by atoms with Gasteiger partial charge in [0.05, 0.1) is 0 Å². The maximum atomic E-state index is 13.3. The molecule has 0 saturated heterocycles. The molecule has 5 heteroatoms. The van der Waals surface area contributed by atoms with Crippen molar-refractivity contribution < 1.29 is 9.59 Å². The topological polar surface area (TPSA) is 62.3 Å². The Labute approximate surface area is 187 Å². The average Bonchev–Trinajstić information content (AvgIpc) is 2.82. The van der Waals surface area contributed by atoms with E-state index < -0.39 is 0 Å². The summed E-state index contributed by atoms with van der Waals surface area (Å²) >= 11 is 0. The Morgan fingerprint density at radius 3 is 2.44 bits per heavy atom. The summed E-state index contributed by atoms with van der Waals surface area (Å²) in [6.45, 7) is 2.08. The van der Waals surface area contributed by atoms with Gasteiger partial charge in [0.1, 0.15) is 0 Å². The number of anilines is 1. The fourth-order valence-electron chi connectivity index (χ4n) is 3.84. The number of nitrogens with zero attached hydrogens (tertiary/aromatic N) is 2. The van der Waals surface area contributed by atoms with Gasteiger partial charge in [-0.2, -0.15) is 0 Å². The van der Waals surface area contributed by atoms with Gasteiger partial charge < -0.3 is 10.2 Å². The van der Waals surface area contributed by atoms with Crippen molar-refractivity contribution in [3.05, 3.63) is 96.3 Å². The smallest absolute Gasteiger partial charge is 0.254 e. The van der Waals surface area contributed by atoms with Crippen LogP contribution in [-0.2, 0) is 11.2 Å². The lowest BCUT2D eigenvalue weighted by molar-refractivity contribution is -0.114. The summed E-state index contributed by atoms with van der Waals surface area (Å²) in [5, 5.41) is 4.73. The first-order valence-electron chi connectivity index (χ1n) is 10.6. The van der Waals surface area contributed by atoms with E-state index in [0.717, 1.165) is 33.3 Å². The van der Waals surface area contributed by atoms with Gasteiger partial charge in [-0.3, -0.25) is 14.6 Å². The normalized spacial score (nSPS) is 10.7. The van der Waals surface area contributed by atoms with Crippen LogP contribution in [0.15, 0.2) is 85.1 Å². The molecule has 2 amide bonds. The molecule has 1 aromatic heterocycles. The van der Waals surface area contributed by atoms with E-state index in [0.29, 0.717) is 18.5 Å². The second-order valence-corrected chi connectivity index (χ2v) is 7.77. The largest absolute Gasteiger partial charge is 0.341 e. The molecular weight excluding hydrogens is 398 g/mol. The van der Waals surface area contributed by atoms with E-state index in [9.17, 15) is 9.59 Å². The summed E-state index contributed by atoms with van der Waals surface area (Å²) in [6, 6.07) is 25.4. The fourth-order valence-corrected chi connectivity index (χ4v) is 3.84. The second-order valence-electron chi connectivity index (χ2n) is 7.77. The molecule has 4 aromatic rings. The first kappa shape index (κ1) is 21.2. The molecule has 1 heterocycles. The number of fused-ring (bicyclic) bond motifs is 1. The predicted molar refractivity (Wildman–Crippen MR) is 129 cm³/mol. The Balaban J connectivity index is 1.65. The maximum absolute atomic E-state index is 13.3. The van der Waals surface area contributed by atoms with Gasteiger partial charge in [0.25, 0.3) is 5.91 Å². The van der Waals surface area contributed by atoms with Crippen LogP contribution in [0.5, 0.6) is 0 Å². The van der Waals surface area contributed by atoms with Crippen molar-refractivity contribution in [2.75, 3.05) is 18.9 Å². The molecule has 4 rings (SSSR count). The van der Waals surface area contributed by atoms with Crippen LogP contribution < -0.4 is 5.32 Å². The number of aromatic nitrogens is 1. The van der Waals surface area contributed by atoms with Gasteiger partial charge in [-0.15, -0.1) is 0 Å². The first-order valence-corrected chi connectivity index (χ1v) is 10.6. The number of carbonyl (C=O) groups excluding carboxylic acids is 2. The van der Waals surface area contributed by atoms with Crippen LogP contribution in [0.3, 0.4) is 0 Å². The van der Waals surface area contributed by atoms with Crippen LogP contribution in [-0.4, -0.2) is 35.3 Å². The lowest BCUT2D eigenvalue weighted by Crippen LogP contribution is -2.29. The number of benzene rings is 3. The zero-order chi connectivity index (χ0) is 22.5. The number of likely N-dealkylation sites (N-methyl/N-ethyl adjacent to an activating group) is 1. The number of carbonyl (C=O) groups is 2. The molecule has 0 aliphatic carbocycles. The van der Waals surface area contributed by atoms with Crippen LogP contribution in [0, 0.1) is 0 Å². The van der Waals surface area contributed by atoms with E-state index in [4.69, 9.17) is 0 Å². The molecule has 0 fully saturated rings. The van der Waals surface area contributed by atoms with Gasteiger partial charge in [0.15, 0.2) is 0 Å². The molecule has 0 radical (unpaired) electrons. The zero-order valence-corrected chi connectivity index (χ0v) is 18.2. The summed E-state index contributed by atoms with van der Waals surface area (Å²) in [7, 11) is 1.82. The van der Waals surface area contributed by atoms with Gasteiger partial charge in [0.2, 0.25) is 5.91 Å². The highest BCUT2D eigenvalue weighted by molar-refractivity contribution is 6.11. The van der Waals surface area contributed by atoms with Crippen LogP contribution in [0.4, 0.5) is 5.69 Å². The third kappa shape index (κ3) is 4.67. The van der Waals surface area contributed by atoms with Crippen LogP contribution >= 0.6 is 0 Å². The van der Waals surface area contributed by atoms with Crippen molar-refractivity contribution in [1.82, 2.24) is 9.88 Å². The molecule has 0 aliphatic rings. The molecule has 0 unspecified atom stereocenters. The molecule has 0 aliphatic heterocycles. The van der Waals surface area contributed by atoms with Gasteiger partial charge in [-0.05, 0) is 52.2 Å². The van der Waals surface area contributed by atoms with Crippen molar-refractivity contribution in [2.24, 2.45) is 0 Å². The number of rotatable bonds is 6. The Kier molecular flexibility index (Phi) is 6.26. The van der Waals surface area contributed by atoms with Crippen LogP contribution in [0.1, 0.15) is 23.0 Å². The Hall–Kier alpha value is -3.99. The Morgan fingerprint density at radius 1 is 0.906 bits per heavy atom. The minimum Gasteiger partial charge on any atom is -0.341 e. The molecule has 0 atom stereocenters. The second kappa shape index (κ2) is 9.43. The fraction of sp³-hybridized carbons (Fsp3) is 0.148. The summed E-state index contributed by atoms with van der Waals surface area (Å²) in [5.41, 5.74) is 4.38. The molecule has 160 valence electrons. The highest BCUT2D eigenvalue weighted by Gasteiger charge is 2.17. The van der Waals surface area contributed by atoms with Crippen molar-refractivity contribution in [3.63, 3.8) is 0 Å². The summed E-state index contributed by atoms with van der Waals surface area (Å²) in [5.74, 6) is -0.127. The van der Waals surface area contributed by atoms with Crippen molar-refractivity contribution in [3.8, 4) is 11.1 Å². The summed E-state index contributed by atoms with van der Waals surface area (Å²) < 4.78 is 0. The molecule has 0 bridgehead atoms. The van der Waals surface area contributed by atoms with Crippen molar-refractivity contribution in [2.45, 2.75) is 13.3 Å². The standard InChI is InChI=1S/C27H25N3O2/c1-19(31)29-22-10-7-8-20(18-22)23-13-14-26(25-12-4-3-11-24(23)25)27(32)30(2)17-15-21-9-5-6-16-28-21/h3-14,16,18H,15,17H2,1-2H3,(H,29,31). The molecule has 0 saturated carbocycles. The number of pyridine rings is 1. The third-order valence-electron chi connectivity index (χ3n) is 5.42. The van der Waals surface area contributed by atoms with Crippen LogP contribution in [0.2, 0.25) is 0 Å². The zero-order valence-electron chi connectivity index (χ0n) is 18.2. The Bertz CT molecular complexity index is 1270. The van der Waals surface area contributed by atoms with E-state index in [1.807, 2.05) is 85.9 Å².